The first-order chi connectivity index (χ1) is 12.6. The molecule has 0 aliphatic heterocycles. The number of hydrogen-bond acceptors (Lipinski definition) is 4. The van der Waals surface area contributed by atoms with E-state index < -0.39 is 11.3 Å². The van der Waals surface area contributed by atoms with Crippen molar-refractivity contribution in [3.05, 3.63) is 82.9 Å². The molecular formula is C22H20O4. The highest BCUT2D eigenvalue weighted by Crippen LogP contribution is 2.55. The molecule has 0 bridgehead atoms. The Kier molecular flexibility index (Phi) is 3.91. The summed E-state index contributed by atoms with van der Waals surface area (Å²) in [7, 11) is 2.80. The van der Waals surface area contributed by atoms with Gasteiger partial charge in [-0.15, -0.1) is 0 Å². The summed E-state index contributed by atoms with van der Waals surface area (Å²) in [6.45, 7) is 0. The van der Waals surface area contributed by atoms with Gasteiger partial charge in [-0.2, -0.15) is 0 Å². The Morgan fingerprint density at radius 3 is 2.46 bits per heavy atom. The van der Waals surface area contributed by atoms with Crippen molar-refractivity contribution in [3.8, 4) is 0 Å². The summed E-state index contributed by atoms with van der Waals surface area (Å²) in [5, 5.41) is 0. The molecule has 0 unspecified atom stereocenters. The van der Waals surface area contributed by atoms with Gasteiger partial charge in [0.05, 0.1) is 14.2 Å². The SMILES string of the molecule is COC(=O)[C@@H]1C=C[C@@]2(C(=O)OC)c3c(cccc31)C[C@@H]2c1ccccc1. The third-order valence-electron chi connectivity index (χ3n) is 5.64. The third-order valence-corrected chi connectivity index (χ3v) is 5.64. The Labute approximate surface area is 152 Å². The van der Waals surface area contributed by atoms with Crippen LogP contribution in [0, 0.1) is 0 Å². The molecule has 26 heavy (non-hydrogen) atoms. The zero-order valence-corrected chi connectivity index (χ0v) is 14.8. The molecule has 0 radical (unpaired) electrons. The first kappa shape index (κ1) is 16.6. The van der Waals surface area contributed by atoms with Crippen molar-refractivity contribution in [2.75, 3.05) is 14.2 Å². The standard InChI is InChI=1S/C22H20O4/c1-25-20(23)17-11-12-22(21(24)26-2)18(14-7-4-3-5-8-14)13-15-9-6-10-16(17)19(15)22/h3-12,17-18H,13H2,1-2H3/t17-,18-,22+/m1/s1. The van der Waals surface area contributed by atoms with Crippen molar-refractivity contribution in [2.24, 2.45) is 0 Å². The molecule has 3 atom stereocenters. The van der Waals surface area contributed by atoms with Crippen molar-refractivity contribution in [2.45, 2.75) is 23.7 Å². The first-order valence-electron chi connectivity index (χ1n) is 8.66. The summed E-state index contributed by atoms with van der Waals surface area (Å²) in [6.07, 6.45) is 4.37. The van der Waals surface area contributed by atoms with Gasteiger partial charge in [0.1, 0.15) is 11.3 Å². The van der Waals surface area contributed by atoms with E-state index in [1.54, 1.807) is 6.08 Å². The molecule has 0 spiro atoms. The monoisotopic (exact) mass is 348 g/mol. The summed E-state index contributed by atoms with van der Waals surface area (Å²) >= 11 is 0. The zero-order valence-electron chi connectivity index (χ0n) is 14.8. The second-order valence-corrected chi connectivity index (χ2v) is 6.77. The Morgan fingerprint density at radius 1 is 1.00 bits per heavy atom. The Balaban J connectivity index is 1.97. The summed E-state index contributed by atoms with van der Waals surface area (Å²) in [6, 6.07) is 15.9. The lowest BCUT2D eigenvalue weighted by Gasteiger charge is -2.36. The first-order valence-corrected chi connectivity index (χ1v) is 8.66. The number of hydrogen-bond donors (Lipinski definition) is 0. The van der Waals surface area contributed by atoms with E-state index in [2.05, 4.69) is 0 Å². The van der Waals surface area contributed by atoms with Crippen LogP contribution in [0.1, 0.15) is 34.1 Å². The molecule has 0 heterocycles. The molecule has 0 fully saturated rings. The van der Waals surface area contributed by atoms with Gasteiger partial charge in [0, 0.05) is 5.92 Å². The van der Waals surface area contributed by atoms with Crippen molar-refractivity contribution >= 4 is 11.9 Å². The summed E-state index contributed by atoms with van der Waals surface area (Å²) in [5.74, 6) is -1.18. The summed E-state index contributed by atoms with van der Waals surface area (Å²) in [4.78, 5) is 25.3. The van der Waals surface area contributed by atoms with Crippen LogP contribution in [0.15, 0.2) is 60.7 Å². The van der Waals surface area contributed by atoms with Crippen LogP contribution >= 0.6 is 0 Å². The van der Waals surface area contributed by atoms with Gasteiger partial charge in [0.25, 0.3) is 0 Å². The highest BCUT2D eigenvalue weighted by Gasteiger charge is 2.55. The smallest absolute Gasteiger partial charge is 0.320 e. The molecule has 2 aromatic rings. The molecule has 2 aliphatic carbocycles. The van der Waals surface area contributed by atoms with Gasteiger partial charge in [-0.1, -0.05) is 60.7 Å². The molecule has 4 nitrogen and oxygen atoms in total. The van der Waals surface area contributed by atoms with Gasteiger partial charge in [0.15, 0.2) is 0 Å². The Bertz CT molecular complexity index is 900. The molecule has 0 N–H and O–H groups in total. The van der Waals surface area contributed by atoms with Crippen LogP contribution in [0.4, 0.5) is 0 Å². The number of methoxy groups -OCH3 is 2. The Hall–Kier alpha value is -2.88. The molecular weight excluding hydrogens is 328 g/mol. The van der Waals surface area contributed by atoms with E-state index in [0.717, 1.165) is 28.7 Å². The molecule has 2 aliphatic rings. The van der Waals surface area contributed by atoms with Crippen LogP contribution in [0.3, 0.4) is 0 Å². The van der Waals surface area contributed by atoms with Gasteiger partial charge in [-0.25, -0.2) is 0 Å². The average Bonchev–Trinajstić information content (AvgIpc) is 3.05. The fourth-order valence-corrected chi connectivity index (χ4v) is 4.54. The van der Waals surface area contributed by atoms with E-state index in [9.17, 15) is 9.59 Å². The van der Waals surface area contributed by atoms with Crippen molar-refractivity contribution in [1.82, 2.24) is 0 Å². The lowest BCUT2D eigenvalue weighted by molar-refractivity contribution is -0.147. The summed E-state index contributed by atoms with van der Waals surface area (Å²) in [5.41, 5.74) is 2.99. The molecule has 0 saturated carbocycles. The van der Waals surface area contributed by atoms with E-state index >= 15 is 0 Å². The number of rotatable bonds is 3. The second kappa shape index (κ2) is 6.13. The van der Waals surface area contributed by atoms with E-state index in [1.165, 1.54) is 14.2 Å². The van der Waals surface area contributed by atoms with Gasteiger partial charge >= 0.3 is 11.9 Å². The lowest BCUT2D eigenvalue weighted by Crippen LogP contribution is -2.41. The van der Waals surface area contributed by atoms with Gasteiger partial charge in [-0.05, 0) is 28.7 Å². The average molecular weight is 348 g/mol. The maximum Gasteiger partial charge on any atom is 0.320 e. The predicted octanol–water partition coefficient (Wildman–Crippen LogP) is 3.26. The van der Waals surface area contributed by atoms with Crippen LogP contribution in [-0.2, 0) is 30.9 Å². The van der Waals surface area contributed by atoms with Crippen LogP contribution in [-0.4, -0.2) is 26.2 Å². The molecule has 4 heteroatoms. The second-order valence-electron chi connectivity index (χ2n) is 6.77. The van der Waals surface area contributed by atoms with Crippen LogP contribution in [0.25, 0.3) is 0 Å². The molecule has 0 saturated heterocycles. The predicted molar refractivity (Wildman–Crippen MR) is 96.9 cm³/mol. The van der Waals surface area contributed by atoms with Crippen LogP contribution in [0.2, 0.25) is 0 Å². The number of esters is 2. The van der Waals surface area contributed by atoms with E-state index in [-0.39, 0.29) is 17.9 Å². The minimum atomic E-state index is -0.910. The Morgan fingerprint density at radius 2 is 1.77 bits per heavy atom. The molecule has 2 aromatic carbocycles. The van der Waals surface area contributed by atoms with Gasteiger partial charge in [0.2, 0.25) is 0 Å². The van der Waals surface area contributed by atoms with Crippen molar-refractivity contribution in [3.63, 3.8) is 0 Å². The number of benzene rings is 2. The maximum absolute atomic E-state index is 13.1. The zero-order chi connectivity index (χ0) is 18.3. The van der Waals surface area contributed by atoms with Crippen molar-refractivity contribution in [1.29, 1.82) is 0 Å². The van der Waals surface area contributed by atoms with Crippen molar-refractivity contribution < 1.29 is 19.1 Å². The largest absolute Gasteiger partial charge is 0.468 e. The van der Waals surface area contributed by atoms with Gasteiger partial charge < -0.3 is 9.47 Å². The molecule has 0 amide bonds. The van der Waals surface area contributed by atoms with E-state index in [4.69, 9.17) is 9.47 Å². The van der Waals surface area contributed by atoms with Gasteiger partial charge in [-0.3, -0.25) is 9.59 Å². The number of carbonyl (C=O) groups excluding carboxylic acids is 2. The highest BCUT2D eigenvalue weighted by molar-refractivity contribution is 5.93. The number of ether oxygens (including phenoxy) is 2. The quantitative estimate of drug-likeness (QED) is 0.631. The molecule has 132 valence electrons. The summed E-state index contributed by atoms with van der Waals surface area (Å²) < 4.78 is 10.2. The maximum atomic E-state index is 13.1. The van der Waals surface area contributed by atoms with Crippen LogP contribution in [0.5, 0.6) is 0 Å². The highest BCUT2D eigenvalue weighted by atomic mass is 16.5. The minimum Gasteiger partial charge on any atom is -0.468 e. The molecule has 0 aromatic heterocycles. The lowest BCUT2D eigenvalue weighted by atomic mass is 9.66. The fraction of sp³-hybridized carbons (Fsp3) is 0.273. The minimum absolute atomic E-state index is 0.0675. The number of carbonyl (C=O) groups is 2. The van der Waals surface area contributed by atoms with E-state index in [1.807, 2.05) is 54.6 Å². The topological polar surface area (TPSA) is 52.6 Å². The third kappa shape index (κ3) is 2.15. The normalized spacial score (nSPS) is 25.5. The fourth-order valence-electron chi connectivity index (χ4n) is 4.54. The van der Waals surface area contributed by atoms with Crippen LogP contribution < -0.4 is 0 Å². The molecule has 4 rings (SSSR count). The van der Waals surface area contributed by atoms with E-state index in [0.29, 0.717) is 0 Å².